The number of ether oxygens (including phenoxy) is 1. The summed E-state index contributed by atoms with van der Waals surface area (Å²) in [6.07, 6.45) is 8.17. The van der Waals surface area contributed by atoms with Gasteiger partial charge < -0.3 is 4.74 Å². The third-order valence-corrected chi connectivity index (χ3v) is 4.25. The van der Waals surface area contributed by atoms with E-state index in [2.05, 4.69) is 44.2 Å². The van der Waals surface area contributed by atoms with Crippen LogP contribution in [-0.4, -0.2) is 6.61 Å². The van der Waals surface area contributed by atoms with Crippen LogP contribution in [0.4, 0.5) is 0 Å². The molecule has 1 aliphatic rings. The van der Waals surface area contributed by atoms with Crippen LogP contribution in [0.15, 0.2) is 30.3 Å². The van der Waals surface area contributed by atoms with Crippen LogP contribution >= 0.6 is 0 Å². The molecule has 1 heteroatoms. The SMILES string of the molecule is CCOC(C)(CC1CCCCC1)c1ccccc1. The fourth-order valence-electron chi connectivity index (χ4n) is 3.31. The zero-order valence-corrected chi connectivity index (χ0v) is 11.8. The molecule has 2 rings (SSSR count). The van der Waals surface area contributed by atoms with Crippen LogP contribution in [-0.2, 0) is 10.3 Å². The first-order valence-electron chi connectivity index (χ1n) is 7.44. The average molecular weight is 246 g/mol. The Bertz CT molecular complexity index is 340. The normalized spacial score (nSPS) is 20.6. The molecule has 0 aliphatic heterocycles. The van der Waals surface area contributed by atoms with Crippen molar-refractivity contribution in [2.45, 2.75) is 58.0 Å². The Morgan fingerprint density at radius 2 is 1.78 bits per heavy atom. The van der Waals surface area contributed by atoms with Gasteiger partial charge in [-0.05, 0) is 31.7 Å². The van der Waals surface area contributed by atoms with Gasteiger partial charge in [-0.25, -0.2) is 0 Å². The van der Waals surface area contributed by atoms with Crippen LogP contribution in [0.2, 0.25) is 0 Å². The van der Waals surface area contributed by atoms with Crippen molar-refractivity contribution in [3.8, 4) is 0 Å². The van der Waals surface area contributed by atoms with Crippen LogP contribution in [0.5, 0.6) is 0 Å². The fourth-order valence-corrected chi connectivity index (χ4v) is 3.31. The van der Waals surface area contributed by atoms with Crippen molar-refractivity contribution in [2.24, 2.45) is 5.92 Å². The smallest absolute Gasteiger partial charge is 0.0905 e. The average Bonchev–Trinajstić information content (AvgIpc) is 2.41. The van der Waals surface area contributed by atoms with E-state index in [9.17, 15) is 0 Å². The molecule has 0 bridgehead atoms. The third kappa shape index (κ3) is 3.35. The minimum Gasteiger partial charge on any atom is -0.371 e. The zero-order chi connectivity index (χ0) is 12.8. The number of rotatable bonds is 5. The molecule has 1 nitrogen and oxygen atoms in total. The van der Waals surface area contributed by atoms with Gasteiger partial charge in [-0.15, -0.1) is 0 Å². The van der Waals surface area contributed by atoms with Gasteiger partial charge in [-0.3, -0.25) is 0 Å². The highest BCUT2D eigenvalue weighted by Gasteiger charge is 2.31. The molecule has 0 saturated heterocycles. The van der Waals surface area contributed by atoms with Crippen molar-refractivity contribution >= 4 is 0 Å². The van der Waals surface area contributed by atoms with Crippen LogP contribution in [0.3, 0.4) is 0 Å². The molecule has 1 aromatic carbocycles. The van der Waals surface area contributed by atoms with E-state index in [0.29, 0.717) is 0 Å². The van der Waals surface area contributed by atoms with Crippen LogP contribution < -0.4 is 0 Å². The first-order valence-corrected chi connectivity index (χ1v) is 7.44. The molecule has 0 aromatic heterocycles. The minimum atomic E-state index is -0.0992. The maximum Gasteiger partial charge on any atom is 0.0905 e. The molecule has 1 atom stereocenters. The summed E-state index contributed by atoms with van der Waals surface area (Å²) in [6, 6.07) is 10.7. The summed E-state index contributed by atoms with van der Waals surface area (Å²) in [5.41, 5.74) is 1.23. The van der Waals surface area contributed by atoms with Gasteiger partial charge in [0.1, 0.15) is 0 Å². The second-order valence-corrected chi connectivity index (χ2v) is 5.74. The highest BCUT2D eigenvalue weighted by Crippen LogP contribution is 2.37. The van der Waals surface area contributed by atoms with Crippen LogP contribution in [0.25, 0.3) is 0 Å². The van der Waals surface area contributed by atoms with Crippen molar-refractivity contribution in [2.75, 3.05) is 6.61 Å². The maximum absolute atomic E-state index is 6.12. The van der Waals surface area contributed by atoms with E-state index in [0.717, 1.165) is 12.5 Å². The highest BCUT2D eigenvalue weighted by atomic mass is 16.5. The van der Waals surface area contributed by atoms with Crippen LogP contribution in [0, 0.1) is 5.92 Å². The lowest BCUT2D eigenvalue weighted by Gasteiger charge is -2.35. The first-order chi connectivity index (χ1) is 8.74. The molecule has 1 fully saturated rings. The van der Waals surface area contributed by atoms with E-state index in [1.165, 1.54) is 44.1 Å². The van der Waals surface area contributed by atoms with Gasteiger partial charge in [0.2, 0.25) is 0 Å². The van der Waals surface area contributed by atoms with Crippen LogP contribution in [0.1, 0.15) is 57.9 Å². The lowest BCUT2D eigenvalue weighted by Crippen LogP contribution is -2.30. The first kappa shape index (κ1) is 13.6. The Morgan fingerprint density at radius 1 is 1.11 bits per heavy atom. The van der Waals surface area contributed by atoms with Crippen molar-refractivity contribution in [3.05, 3.63) is 35.9 Å². The summed E-state index contributed by atoms with van der Waals surface area (Å²) in [7, 11) is 0. The van der Waals surface area contributed by atoms with Crippen molar-refractivity contribution in [1.82, 2.24) is 0 Å². The number of benzene rings is 1. The van der Waals surface area contributed by atoms with Gasteiger partial charge in [0.15, 0.2) is 0 Å². The molecule has 1 saturated carbocycles. The highest BCUT2D eigenvalue weighted by molar-refractivity contribution is 5.22. The standard InChI is InChI=1S/C17H26O/c1-3-18-17(2,16-12-8-5-9-13-16)14-15-10-6-4-7-11-15/h5,8-9,12-13,15H,3-4,6-7,10-11,14H2,1-2H3. The predicted molar refractivity (Wildman–Crippen MR) is 76.6 cm³/mol. The monoisotopic (exact) mass is 246 g/mol. The van der Waals surface area contributed by atoms with Gasteiger partial charge in [0.25, 0.3) is 0 Å². The Morgan fingerprint density at radius 3 is 2.39 bits per heavy atom. The summed E-state index contributed by atoms with van der Waals surface area (Å²) in [6.45, 7) is 5.15. The largest absolute Gasteiger partial charge is 0.371 e. The Labute approximate surface area is 112 Å². The molecule has 0 radical (unpaired) electrons. The van der Waals surface area contributed by atoms with Gasteiger partial charge in [0, 0.05) is 6.61 Å². The molecule has 0 heterocycles. The summed E-state index contributed by atoms with van der Waals surface area (Å²) >= 11 is 0. The van der Waals surface area contributed by atoms with E-state index < -0.39 is 0 Å². The molecule has 1 unspecified atom stereocenters. The van der Waals surface area contributed by atoms with Crippen molar-refractivity contribution < 1.29 is 4.74 Å². The number of hydrogen-bond donors (Lipinski definition) is 0. The third-order valence-electron chi connectivity index (χ3n) is 4.25. The lowest BCUT2D eigenvalue weighted by molar-refractivity contribution is -0.0502. The number of hydrogen-bond acceptors (Lipinski definition) is 1. The maximum atomic E-state index is 6.12. The summed E-state index contributed by atoms with van der Waals surface area (Å²) < 4.78 is 6.12. The van der Waals surface area contributed by atoms with E-state index in [-0.39, 0.29) is 5.60 Å². The van der Waals surface area contributed by atoms with E-state index >= 15 is 0 Å². The second-order valence-electron chi connectivity index (χ2n) is 5.74. The molecule has 0 spiro atoms. The second kappa shape index (κ2) is 6.38. The molecular weight excluding hydrogens is 220 g/mol. The zero-order valence-electron chi connectivity index (χ0n) is 11.8. The Kier molecular flexibility index (Phi) is 4.82. The Hall–Kier alpha value is -0.820. The molecule has 1 aromatic rings. The lowest BCUT2D eigenvalue weighted by atomic mass is 9.79. The quantitative estimate of drug-likeness (QED) is 0.717. The molecule has 18 heavy (non-hydrogen) atoms. The van der Waals surface area contributed by atoms with Gasteiger partial charge in [-0.2, -0.15) is 0 Å². The topological polar surface area (TPSA) is 9.23 Å². The van der Waals surface area contributed by atoms with Crippen molar-refractivity contribution in [3.63, 3.8) is 0 Å². The van der Waals surface area contributed by atoms with E-state index in [1.807, 2.05) is 0 Å². The summed E-state index contributed by atoms with van der Waals surface area (Å²) in [5.74, 6) is 0.843. The molecular formula is C17H26O. The van der Waals surface area contributed by atoms with E-state index in [1.54, 1.807) is 0 Å². The predicted octanol–water partition coefficient (Wildman–Crippen LogP) is 4.91. The minimum absolute atomic E-state index is 0.0992. The fraction of sp³-hybridized carbons (Fsp3) is 0.647. The Balaban J connectivity index is 2.10. The summed E-state index contributed by atoms with van der Waals surface area (Å²) in [4.78, 5) is 0. The molecule has 0 N–H and O–H groups in total. The van der Waals surface area contributed by atoms with Gasteiger partial charge in [-0.1, -0.05) is 62.4 Å². The van der Waals surface area contributed by atoms with Gasteiger partial charge in [0.05, 0.1) is 5.60 Å². The summed E-state index contributed by atoms with van der Waals surface area (Å²) in [5, 5.41) is 0. The molecule has 0 amide bonds. The van der Waals surface area contributed by atoms with Crippen molar-refractivity contribution in [1.29, 1.82) is 0 Å². The molecule has 1 aliphatic carbocycles. The van der Waals surface area contributed by atoms with E-state index in [4.69, 9.17) is 4.74 Å². The molecule has 100 valence electrons. The van der Waals surface area contributed by atoms with Gasteiger partial charge >= 0.3 is 0 Å².